The number of hydrogen-bond donors (Lipinski definition) is 1. The van der Waals surface area contributed by atoms with Crippen molar-refractivity contribution >= 4 is 0 Å². The maximum Gasteiger partial charge on any atom is 0.000442 e. The summed E-state index contributed by atoms with van der Waals surface area (Å²) in [5.74, 6) is 0. The lowest BCUT2D eigenvalue weighted by Crippen LogP contribution is -1.87. The van der Waals surface area contributed by atoms with Gasteiger partial charge in [0.1, 0.15) is 0 Å². The quantitative estimate of drug-likeness (QED) is 0.558. The van der Waals surface area contributed by atoms with Gasteiger partial charge in [0.15, 0.2) is 0 Å². The van der Waals surface area contributed by atoms with Crippen LogP contribution in [0.5, 0.6) is 0 Å². The van der Waals surface area contributed by atoms with Gasteiger partial charge < -0.3 is 5.32 Å². The molecule has 1 heteroatoms. The molecular formula is C10H15N. The average molecular weight is 149 g/mol. The molecule has 0 aromatic carbocycles. The van der Waals surface area contributed by atoms with Gasteiger partial charge >= 0.3 is 0 Å². The van der Waals surface area contributed by atoms with Gasteiger partial charge in [-0.3, -0.25) is 0 Å². The van der Waals surface area contributed by atoms with Gasteiger partial charge in [-0.15, -0.1) is 0 Å². The lowest BCUT2D eigenvalue weighted by Gasteiger charge is -2.05. The van der Waals surface area contributed by atoms with E-state index < -0.39 is 0 Å². The molecule has 0 aromatic heterocycles. The Morgan fingerprint density at radius 1 is 0.636 bits per heavy atom. The molecule has 2 aliphatic rings. The molecule has 0 saturated heterocycles. The Kier molecular flexibility index (Phi) is 4.27. The summed E-state index contributed by atoms with van der Waals surface area (Å²) in [5, 5.41) is 2.92. The highest BCUT2D eigenvalue weighted by molar-refractivity contribution is 5.14. The van der Waals surface area contributed by atoms with Crippen LogP contribution in [0.4, 0.5) is 0 Å². The molecular weight excluding hydrogens is 134 g/mol. The predicted octanol–water partition coefficient (Wildman–Crippen LogP) is 2.73. The molecule has 0 radical (unpaired) electrons. The Labute approximate surface area is 68.5 Å². The average Bonchev–Trinajstić information content (AvgIpc) is 2.10. The van der Waals surface area contributed by atoms with Gasteiger partial charge in [0.25, 0.3) is 0 Å². The Bertz CT molecular complexity index is 144. The molecule has 1 aliphatic heterocycles. The molecule has 1 saturated carbocycles. The molecule has 0 atom stereocenters. The van der Waals surface area contributed by atoms with Crippen molar-refractivity contribution in [1.82, 2.24) is 5.32 Å². The second-order valence-electron chi connectivity index (χ2n) is 2.68. The monoisotopic (exact) mass is 149 g/mol. The molecule has 0 spiro atoms. The molecule has 0 unspecified atom stereocenters. The maximum atomic E-state index is 2.92. The van der Waals surface area contributed by atoms with E-state index >= 15 is 0 Å². The first kappa shape index (κ1) is 8.12. The van der Waals surface area contributed by atoms with Crippen molar-refractivity contribution in [3.05, 3.63) is 36.7 Å². The Morgan fingerprint density at radius 3 is 1.45 bits per heavy atom. The molecule has 1 nitrogen and oxygen atoms in total. The zero-order valence-electron chi connectivity index (χ0n) is 6.79. The van der Waals surface area contributed by atoms with Crippen LogP contribution in [-0.4, -0.2) is 0 Å². The SMILES string of the molecule is C1=CC=CNC=C1.C1CCC1. The van der Waals surface area contributed by atoms with E-state index in [-0.39, 0.29) is 0 Å². The van der Waals surface area contributed by atoms with Crippen molar-refractivity contribution in [3.63, 3.8) is 0 Å². The first-order valence-electron chi connectivity index (χ1n) is 4.24. The van der Waals surface area contributed by atoms with Gasteiger partial charge in [0, 0.05) is 12.4 Å². The minimum atomic E-state index is 1.50. The van der Waals surface area contributed by atoms with Crippen molar-refractivity contribution in [2.24, 2.45) is 0 Å². The van der Waals surface area contributed by atoms with Crippen LogP contribution < -0.4 is 5.32 Å². The van der Waals surface area contributed by atoms with E-state index in [1.54, 1.807) is 0 Å². The molecule has 1 N–H and O–H groups in total. The van der Waals surface area contributed by atoms with Gasteiger partial charge in [0.2, 0.25) is 0 Å². The van der Waals surface area contributed by atoms with Gasteiger partial charge in [-0.25, -0.2) is 0 Å². The van der Waals surface area contributed by atoms with E-state index in [9.17, 15) is 0 Å². The molecule has 0 aromatic rings. The summed E-state index contributed by atoms with van der Waals surface area (Å²) in [6.07, 6.45) is 17.6. The highest BCUT2D eigenvalue weighted by atomic mass is 14.8. The first-order chi connectivity index (χ1) is 5.50. The second-order valence-corrected chi connectivity index (χ2v) is 2.68. The summed E-state index contributed by atoms with van der Waals surface area (Å²) in [6.45, 7) is 0. The molecule has 0 amide bonds. The molecule has 1 heterocycles. The third-order valence-corrected chi connectivity index (χ3v) is 1.72. The number of allylic oxidation sites excluding steroid dienone is 4. The molecule has 1 fully saturated rings. The maximum absolute atomic E-state index is 2.92. The largest absolute Gasteiger partial charge is 0.368 e. The zero-order chi connectivity index (χ0) is 7.78. The van der Waals surface area contributed by atoms with Crippen molar-refractivity contribution in [3.8, 4) is 0 Å². The Hall–Kier alpha value is -0.980. The molecule has 0 bridgehead atoms. The Morgan fingerprint density at radius 2 is 1.09 bits per heavy atom. The van der Waals surface area contributed by atoms with Crippen LogP contribution in [0.25, 0.3) is 0 Å². The third-order valence-electron chi connectivity index (χ3n) is 1.72. The summed E-state index contributed by atoms with van der Waals surface area (Å²) in [4.78, 5) is 0. The summed E-state index contributed by atoms with van der Waals surface area (Å²) >= 11 is 0. The normalized spacial score (nSPS) is 18.9. The van der Waals surface area contributed by atoms with Gasteiger partial charge in [-0.05, 0) is 12.2 Å². The fraction of sp³-hybridized carbons (Fsp3) is 0.400. The summed E-state index contributed by atoms with van der Waals surface area (Å²) in [5.41, 5.74) is 0. The lowest BCUT2D eigenvalue weighted by atomic mass is 10.0. The van der Waals surface area contributed by atoms with E-state index in [1.165, 1.54) is 25.7 Å². The van der Waals surface area contributed by atoms with Crippen LogP contribution in [0.3, 0.4) is 0 Å². The predicted molar refractivity (Wildman–Crippen MR) is 49.0 cm³/mol. The van der Waals surface area contributed by atoms with E-state index in [0.717, 1.165) is 0 Å². The topological polar surface area (TPSA) is 12.0 Å². The minimum absolute atomic E-state index is 1.50. The van der Waals surface area contributed by atoms with Gasteiger partial charge in [0.05, 0.1) is 0 Å². The fourth-order valence-electron chi connectivity index (χ4n) is 0.656. The van der Waals surface area contributed by atoms with Crippen molar-refractivity contribution in [2.75, 3.05) is 0 Å². The van der Waals surface area contributed by atoms with Crippen LogP contribution >= 0.6 is 0 Å². The van der Waals surface area contributed by atoms with E-state index in [1.807, 2.05) is 36.7 Å². The Balaban J connectivity index is 0.000000128. The number of rotatable bonds is 0. The van der Waals surface area contributed by atoms with Crippen LogP contribution in [0.1, 0.15) is 25.7 Å². The van der Waals surface area contributed by atoms with E-state index in [4.69, 9.17) is 0 Å². The van der Waals surface area contributed by atoms with Crippen LogP contribution in [0.15, 0.2) is 36.7 Å². The smallest absolute Gasteiger partial charge is 0.000442 e. The summed E-state index contributed by atoms with van der Waals surface area (Å²) in [7, 11) is 0. The molecule has 60 valence electrons. The first-order valence-corrected chi connectivity index (χ1v) is 4.24. The van der Waals surface area contributed by atoms with Crippen LogP contribution in [0, 0.1) is 0 Å². The summed E-state index contributed by atoms with van der Waals surface area (Å²) in [6, 6.07) is 0. The number of nitrogens with one attached hydrogen (secondary N) is 1. The van der Waals surface area contributed by atoms with Crippen molar-refractivity contribution in [1.29, 1.82) is 0 Å². The minimum Gasteiger partial charge on any atom is -0.368 e. The van der Waals surface area contributed by atoms with E-state index in [0.29, 0.717) is 0 Å². The molecule has 2 rings (SSSR count). The standard InChI is InChI=1S/C6H7N.C4H8/c1-2-4-6-7-5-3-1;1-2-4-3-1/h1-7H;1-4H2. The second kappa shape index (κ2) is 5.78. The van der Waals surface area contributed by atoms with Gasteiger partial charge in [-0.1, -0.05) is 37.8 Å². The van der Waals surface area contributed by atoms with Crippen LogP contribution in [-0.2, 0) is 0 Å². The van der Waals surface area contributed by atoms with Gasteiger partial charge in [-0.2, -0.15) is 0 Å². The summed E-state index contributed by atoms with van der Waals surface area (Å²) < 4.78 is 0. The van der Waals surface area contributed by atoms with E-state index in [2.05, 4.69) is 5.32 Å². The van der Waals surface area contributed by atoms with Crippen molar-refractivity contribution < 1.29 is 0 Å². The lowest BCUT2D eigenvalue weighted by molar-refractivity contribution is 0.504. The highest BCUT2D eigenvalue weighted by Crippen LogP contribution is 2.15. The molecule has 1 aliphatic carbocycles. The fourth-order valence-corrected chi connectivity index (χ4v) is 0.656. The zero-order valence-corrected chi connectivity index (χ0v) is 6.79. The highest BCUT2D eigenvalue weighted by Gasteiger charge is 1.95. The van der Waals surface area contributed by atoms with Crippen molar-refractivity contribution in [2.45, 2.75) is 25.7 Å². The third kappa shape index (κ3) is 4.43. The molecule has 11 heavy (non-hydrogen) atoms. The van der Waals surface area contributed by atoms with Crippen LogP contribution in [0.2, 0.25) is 0 Å². The number of hydrogen-bond acceptors (Lipinski definition) is 1.